The Hall–Kier alpha value is -3.00. The highest BCUT2D eigenvalue weighted by Crippen LogP contribution is 2.34. The van der Waals surface area contributed by atoms with Gasteiger partial charge in [-0.25, -0.2) is 5.43 Å². The number of carbonyl (C=O) groups is 2. The zero-order chi connectivity index (χ0) is 17.5. The van der Waals surface area contributed by atoms with E-state index in [1.807, 2.05) is 0 Å². The Kier molecular flexibility index (Phi) is 5.80. The van der Waals surface area contributed by atoms with Gasteiger partial charge in [-0.2, -0.15) is 5.10 Å². The normalized spacial score (nSPS) is 10.6. The lowest BCUT2D eigenvalue weighted by molar-refractivity contribution is -0.139. The Morgan fingerprint density at radius 3 is 2.88 bits per heavy atom. The van der Waals surface area contributed by atoms with Crippen LogP contribution in [-0.4, -0.2) is 30.2 Å². The number of carbonyl (C=O) groups excluding carboxylic acids is 2. The first kappa shape index (κ1) is 17.4. The van der Waals surface area contributed by atoms with Crippen LogP contribution in [0.2, 0.25) is 5.02 Å². The van der Waals surface area contributed by atoms with E-state index in [9.17, 15) is 14.7 Å². The van der Waals surface area contributed by atoms with Crippen molar-refractivity contribution in [2.75, 3.05) is 7.11 Å². The first-order valence-electron chi connectivity index (χ1n) is 6.71. The fourth-order valence-electron chi connectivity index (χ4n) is 1.70. The maximum absolute atomic E-state index is 11.6. The zero-order valence-corrected chi connectivity index (χ0v) is 13.3. The molecule has 0 atom stereocenters. The van der Waals surface area contributed by atoms with Gasteiger partial charge in [0.25, 0.3) is 0 Å². The van der Waals surface area contributed by atoms with E-state index in [2.05, 4.69) is 15.8 Å². The molecule has 0 fully saturated rings. The molecule has 0 spiro atoms. The molecule has 0 unspecified atom stereocenters. The minimum Gasteiger partial charge on any atom is -0.503 e. The average molecular weight is 352 g/mol. The summed E-state index contributed by atoms with van der Waals surface area (Å²) in [6.45, 7) is 0.0910. The number of aromatic hydroxyl groups is 1. The minimum atomic E-state index is -0.936. The van der Waals surface area contributed by atoms with E-state index in [0.717, 1.165) is 0 Å². The fourth-order valence-corrected chi connectivity index (χ4v) is 1.92. The second kappa shape index (κ2) is 8.02. The van der Waals surface area contributed by atoms with Crippen LogP contribution in [0.25, 0.3) is 0 Å². The van der Waals surface area contributed by atoms with Gasteiger partial charge in [0.1, 0.15) is 5.76 Å². The molecule has 126 valence electrons. The van der Waals surface area contributed by atoms with E-state index >= 15 is 0 Å². The minimum absolute atomic E-state index is 0.0679. The summed E-state index contributed by atoms with van der Waals surface area (Å²) < 4.78 is 9.97. The van der Waals surface area contributed by atoms with Crippen molar-refractivity contribution in [3.05, 3.63) is 46.9 Å². The van der Waals surface area contributed by atoms with Crippen LogP contribution < -0.4 is 15.5 Å². The van der Waals surface area contributed by atoms with E-state index < -0.39 is 11.8 Å². The highest BCUT2D eigenvalue weighted by Gasteiger charge is 2.13. The van der Waals surface area contributed by atoms with Crippen molar-refractivity contribution >= 4 is 29.6 Å². The molecule has 0 saturated carbocycles. The quantitative estimate of drug-likeness (QED) is 0.428. The van der Waals surface area contributed by atoms with Crippen LogP contribution in [0, 0.1) is 0 Å². The number of benzene rings is 1. The van der Waals surface area contributed by atoms with Gasteiger partial charge in [0.05, 0.1) is 31.2 Å². The Morgan fingerprint density at radius 2 is 2.21 bits per heavy atom. The summed E-state index contributed by atoms with van der Waals surface area (Å²) in [6, 6.07) is 6.22. The number of hydrogen-bond donors (Lipinski definition) is 3. The molecule has 0 aliphatic heterocycles. The number of hydrazone groups is 1. The maximum Gasteiger partial charge on any atom is 0.329 e. The van der Waals surface area contributed by atoms with Crippen LogP contribution in [-0.2, 0) is 16.1 Å². The number of methoxy groups -OCH3 is 1. The second-order valence-corrected chi connectivity index (χ2v) is 4.92. The van der Waals surface area contributed by atoms with Gasteiger partial charge in [0.15, 0.2) is 11.5 Å². The lowest BCUT2D eigenvalue weighted by atomic mass is 10.2. The van der Waals surface area contributed by atoms with Crippen LogP contribution in [0.1, 0.15) is 11.3 Å². The lowest BCUT2D eigenvalue weighted by Crippen LogP contribution is -2.37. The molecule has 1 aromatic heterocycles. The van der Waals surface area contributed by atoms with Gasteiger partial charge in [0, 0.05) is 0 Å². The van der Waals surface area contributed by atoms with Gasteiger partial charge in [-0.3, -0.25) is 9.59 Å². The van der Waals surface area contributed by atoms with Crippen molar-refractivity contribution in [1.29, 1.82) is 0 Å². The number of rotatable bonds is 5. The Bertz CT molecular complexity index is 759. The maximum atomic E-state index is 11.6. The van der Waals surface area contributed by atoms with Crippen molar-refractivity contribution in [3.8, 4) is 11.5 Å². The molecule has 0 saturated heterocycles. The number of ether oxygens (including phenoxy) is 1. The van der Waals surface area contributed by atoms with Crippen molar-refractivity contribution in [1.82, 2.24) is 10.7 Å². The summed E-state index contributed by atoms with van der Waals surface area (Å²) in [4.78, 5) is 23.1. The molecule has 24 heavy (non-hydrogen) atoms. The molecule has 0 aliphatic carbocycles. The number of halogens is 1. The first-order chi connectivity index (χ1) is 11.5. The van der Waals surface area contributed by atoms with Gasteiger partial charge < -0.3 is 19.6 Å². The molecule has 0 aliphatic rings. The molecule has 2 amide bonds. The van der Waals surface area contributed by atoms with Crippen molar-refractivity contribution in [3.63, 3.8) is 0 Å². The van der Waals surface area contributed by atoms with Gasteiger partial charge in [-0.05, 0) is 29.8 Å². The van der Waals surface area contributed by atoms with E-state index in [-0.39, 0.29) is 23.1 Å². The predicted octanol–water partition coefficient (Wildman–Crippen LogP) is 1.41. The summed E-state index contributed by atoms with van der Waals surface area (Å²) in [5.74, 6) is -1.31. The topological polar surface area (TPSA) is 113 Å². The summed E-state index contributed by atoms with van der Waals surface area (Å²) in [5, 5.41) is 15.7. The number of amides is 2. The van der Waals surface area contributed by atoms with E-state index in [0.29, 0.717) is 11.3 Å². The van der Waals surface area contributed by atoms with Crippen molar-refractivity contribution < 1.29 is 23.8 Å². The molecule has 2 rings (SSSR count). The van der Waals surface area contributed by atoms with Crippen LogP contribution in [0.4, 0.5) is 0 Å². The van der Waals surface area contributed by atoms with Gasteiger partial charge >= 0.3 is 11.8 Å². The van der Waals surface area contributed by atoms with Crippen LogP contribution in [0.5, 0.6) is 11.5 Å². The van der Waals surface area contributed by atoms with Crippen LogP contribution in [0.15, 0.2) is 40.0 Å². The standard InChI is InChI=1S/C15H14ClN3O5/c1-23-12-6-9(5-11(16)13(12)20)7-18-19-15(22)14(21)17-8-10-3-2-4-24-10/h2-7,20H,8H2,1H3,(H,17,21)(H,19,22)/b18-7-. The van der Waals surface area contributed by atoms with Crippen LogP contribution >= 0.6 is 11.6 Å². The highest BCUT2D eigenvalue weighted by atomic mass is 35.5. The molecule has 1 heterocycles. The fraction of sp³-hybridized carbons (Fsp3) is 0.133. The van der Waals surface area contributed by atoms with E-state index in [4.69, 9.17) is 20.8 Å². The monoisotopic (exact) mass is 351 g/mol. The smallest absolute Gasteiger partial charge is 0.329 e. The van der Waals surface area contributed by atoms with Crippen molar-refractivity contribution in [2.24, 2.45) is 5.10 Å². The van der Waals surface area contributed by atoms with Gasteiger partial charge in [-0.15, -0.1) is 0 Å². The third-order valence-corrected chi connectivity index (χ3v) is 3.15. The summed E-state index contributed by atoms with van der Waals surface area (Å²) in [6.07, 6.45) is 2.72. The average Bonchev–Trinajstić information content (AvgIpc) is 3.09. The molecule has 0 bridgehead atoms. The first-order valence-corrected chi connectivity index (χ1v) is 7.09. The predicted molar refractivity (Wildman–Crippen MR) is 86.0 cm³/mol. The Morgan fingerprint density at radius 1 is 1.42 bits per heavy atom. The molecule has 3 N–H and O–H groups in total. The lowest BCUT2D eigenvalue weighted by Gasteiger charge is -2.06. The summed E-state index contributed by atoms with van der Waals surface area (Å²) in [5.41, 5.74) is 2.54. The molecule has 8 nitrogen and oxygen atoms in total. The molecule has 9 heteroatoms. The molecular formula is C15H14ClN3O5. The third kappa shape index (κ3) is 4.50. The summed E-state index contributed by atoms with van der Waals surface area (Å²) in [7, 11) is 1.37. The van der Waals surface area contributed by atoms with Crippen molar-refractivity contribution in [2.45, 2.75) is 6.54 Å². The molecule has 2 aromatic rings. The van der Waals surface area contributed by atoms with Crippen LogP contribution in [0.3, 0.4) is 0 Å². The number of furan rings is 1. The Balaban J connectivity index is 1.89. The Labute approximate surface area is 142 Å². The molecular weight excluding hydrogens is 338 g/mol. The number of nitrogens with one attached hydrogen (secondary N) is 2. The van der Waals surface area contributed by atoms with Gasteiger partial charge in [0.2, 0.25) is 0 Å². The van der Waals surface area contributed by atoms with E-state index in [1.54, 1.807) is 12.1 Å². The SMILES string of the molecule is COc1cc(/C=N\NC(=O)C(=O)NCc2ccco2)cc(Cl)c1O. The summed E-state index contributed by atoms with van der Waals surface area (Å²) >= 11 is 5.83. The number of hydrogen-bond acceptors (Lipinski definition) is 6. The third-order valence-electron chi connectivity index (χ3n) is 2.86. The largest absolute Gasteiger partial charge is 0.503 e. The molecule has 1 aromatic carbocycles. The highest BCUT2D eigenvalue weighted by molar-refractivity contribution is 6.35. The van der Waals surface area contributed by atoms with E-state index in [1.165, 1.54) is 31.7 Å². The number of nitrogens with zero attached hydrogens (tertiary/aromatic N) is 1. The number of phenolic OH excluding ortho intramolecular Hbond substituents is 1. The second-order valence-electron chi connectivity index (χ2n) is 4.51. The zero-order valence-electron chi connectivity index (χ0n) is 12.6. The number of phenols is 1. The molecule has 0 radical (unpaired) electrons. The van der Waals surface area contributed by atoms with Gasteiger partial charge in [-0.1, -0.05) is 11.6 Å².